The predicted molar refractivity (Wildman–Crippen MR) is 80.5 cm³/mol. The van der Waals surface area contributed by atoms with Gasteiger partial charge >= 0.3 is 0 Å². The number of carbonyl (C=O) groups is 1. The van der Waals surface area contributed by atoms with Crippen LogP contribution in [-0.2, 0) is 11.3 Å². The summed E-state index contributed by atoms with van der Waals surface area (Å²) >= 11 is 0. The van der Waals surface area contributed by atoms with Gasteiger partial charge in [0.1, 0.15) is 0 Å². The zero-order valence-corrected chi connectivity index (χ0v) is 12.5. The van der Waals surface area contributed by atoms with Gasteiger partial charge in [0, 0.05) is 26.2 Å². The molecule has 0 unspecified atom stereocenters. The first-order valence-electron chi connectivity index (χ1n) is 7.47. The Bertz CT molecular complexity index is 649. The molecule has 1 fully saturated rings. The molecule has 0 radical (unpaired) electrons. The summed E-state index contributed by atoms with van der Waals surface area (Å²) in [5.74, 6) is 0.128. The molecule has 1 aliphatic heterocycles. The van der Waals surface area contributed by atoms with Gasteiger partial charge < -0.3 is 4.90 Å². The van der Waals surface area contributed by atoms with Crippen LogP contribution in [0.5, 0.6) is 0 Å². The van der Waals surface area contributed by atoms with Crippen molar-refractivity contribution in [1.82, 2.24) is 19.7 Å². The Labute approximate surface area is 124 Å². The van der Waals surface area contributed by atoms with E-state index < -0.39 is 0 Å². The summed E-state index contributed by atoms with van der Waals surface area (Å²) in [6, 6.07) is 8.12. The van der Waals surface area contributed by atoms with Crippen LogP contribution in [0.4, 0.5) is 0 Å². The van der Waals surface area contributed by atoms with Crippen molar-refractivity contribution in [3.8, 4) is 11.4 Å². The quantitative estimate of drug-likeness (QED) is 0.870. The highest BCUT2D eigenvalue weighted by molar-refractivity contribution is 5.74. The molecule has 3 heterocycles. The molecule has 2 aromatic rings. The first-order valence-corrected chi connectivity index (χ1v) is 7.47. The Morgan fingerprint density at radius 3 is 3.00 bits per heavy atom. The van der Waals surface area contributed by atoms with E-state index in [9.17, 15) is 4.79 Å². The molecule has 21 heavy (non-hydrogen) atoms. The van der Waals surface area contributed by atoms with Crippen molar-refractivity contribution in [3.63, 3.8) is 0 Å². The third-order valence-corrected chi connectivity index (χ3v) is 4.05. The summed E-state index contributed by atoms with van der Waals surface area (Å²) in [5.41, 5.74) is 2.91. The van der Waals surface area contributed by atoms with Crippen molar-refractivity contribution in [1.29, 1.82) is 0 Å². The second kappa shape index (κ2) is 5.68. The molecule has 0 aromatic carbocycles. The number of aromatic nitrogens is 3. The molecule has 1 amide bonds. The lowest BCUT2D eigenvalue weighted by Gasteiger charge is -2.23. The van der Waals surface area contributed by atoms with E-state index in [1.165, 1.54) is 0 Å². The third kappa shape index (κ3) is 2.55. The van der Waals surface area contributed by atoms with Crippen LogP contribution in [0.25, 0.3) is 11.4 Å². The van der Waals surface area contributed by atoms with Gasteiger partial charge in [-0.25, -0.2) is 4.98 Å². The summed E-state index contributed by atoms with van der Waals surface area (Å²) in [6.45, 7) is 5.35. The van der Waals surface area contributed by atoms with E-state index >= 15 is 0 Å². The minimum atomic E-state index is 0.112. The molecular formula is C16H20N4O. The second-order valence-corrected chi connectivity index (χ2v) is 5.35. The number of hydrogen-bond donors (Lipinski definition) is 0. The Morgan fingerprint density at radius 2 is 2.24 bits per heavy atom. The van der Waals surface area contributed by atoms with Crippen LogP contribution in [0.3, 0.4) is 0 Å². The Hall–Kier alpha value is -2.17. The SMILES string of the molecule is CCn1nccc1-c1cccc([C@H]2CCCN2C(C)=O)n1. The van der Waals surface area contributed by atoms with Gasteiger partial charge in [0.25, 0.3) is 0 Å². The summed E-state index contributed by atoms with van der Waals surface area (Å²) in [4.78, 5) is 18.4. The highest BCUT2D eigenvalue weighted by atomic mass is 16.2. The standard InChI is InChI=1S/C16H20N4O/c1-3-20-16(9-10-17-20)14-7-4-6-13(18-14)15-8-5-11-19(15)12(2)21/h4,6-7,9-10,15H,3,5,8,11H2,1-2H3/t15-/m1/s1. The van der Waals surface area contributed by atoms with Crippen molar-refractivity contribution in [3.05, 3.63) is 36.2 Å². The highest BCUT2D eigenvalue weighted by Gasteiger charge is 2.29. The smallest absolute Gasteiger partial charge is 0.220 e. The molecule has 110 valence electrons. The average Bonchev–Trinajstić information content (AvgIpc) is 3.16. The zero-order chi connectivity index (χ0) is 14.8. The number of amides is 1. The number of nitrogens with zero attached hydrogens (tertiary/aromatic N) is 4. The molecule has 0 aliphatic carbocycles. The maximum Gasteiger partial charge on any atom is 0.220 e. The molecule has 2 aromatic heterocycles. The van der Waals surface area contributed by atoms with Crippen molar-refractivity contribution >= 4 is 5.91 Å². The lowest BCUT2D eigenvalue weighted by atomic mass is 10.1. The molecule has 5 nitrogen and oxygen atoms in total. The first-order chi connectivity index (χ1) is 10.2. The molecule has 1 saturated heterocycles. The number of aryl methyl sites for hydroxylation is 1. The van der Waals surface area contributed by atoms with E-state index in [4.69, 9.17) is 4.98 Å². The topological polar surface area (TPSA) is 51.0 Å². The van der Waals surface area contributed by atoms with Gasteiger partial charge in [0.15, 0.2) is 0 Å². The summed E-state index contributed by atoms with van der Waals surface area (Å²) < 4.78 is 1.93. The summed E-state index contributed by atoms with van der Waals surface area (Å²) in [6.07, 6.45) is 3.83. The molecule has 0 N–H and O–H groups in total. The van der Waals surface area contributed by atoms with Crippen molar-refractivity contribution in [2.45, 2.75) is 39.3 Å². The number of pyridine rings is 1. The van der Waals surface area contributed by atoms with Crippen molar-refractivity contribution < 1.29 is 4.79 Å². The van der Waals surface area contributed by atoms with Gasteiger partial charge in [-0.05, 0) is 38.0 Å². The van der Waals surface area contributed by atoms with Gasteiger partial charge in [-0.3, -0.25) is 9.48 Å². The van der Waals surface area contributed by atoms with Gasteiger partial charge in [-0.1, -0.05) is 6.07 Å². The first kappa shape index (κ1) is 13.8. The van der Waals surface area contributed by atoms with Crippen LogP contribution in [0.1, 0.15) is 38.4 Å². The monoisotopic (exact) mass is 284 g/mol. The number of hydrogen-bond acceptors (Lipinski definition) is 3. The number of likely N-dealkylation sites (tertiary alicyclic amines) is 1. The van der Waals surface area contributed by atoms with Gasteiger partial charge in [-0.2, -0.15) is 5.10 Å². The van der Waals surface area contributed by atoms with E-state index in [0.29, 0.717) is 0 Å². The normalized spacial score (nSPS) is 18.2. The zero-order valence-electron chi connectivity index (χ0n) is 12.5. The number of carbonyl (C=O) groups excluding carboxylic acids is 1. The molecule has 0 saturated carbocycles. The minimum absolute atomic E-state index is 0.112. The summed E-state index contributed by atoms with van der Waals surface area (Å²) in [5, 5.41) is 4.29. The van der Waals surface area contributed by atoms with Gasteiger partial charge in [-0.15, -0.1) is 0 Å². The fourth-order valence-electron chi connectivity index (χ4n) is 3.03. The second-order valence-electron chi connectivity index (χ2n) is 5.35. The van der Waals surface area contributed by atoms with E-state index in [0.717, 1.165) is 43.0 Å². The number of rotatable bonds is 3. The van der Waals surface area contributed by atoms with Crippen molar-refractivity contribution in [2.24, 2.45) is 0 Å². The van der Waals surface area contributed by atoms with Gasteiger partial charge in [0.2, 0.25) is 5.91 Å². The maximum atomic E-state index is 11.7. The van der Waals surface area contributed by atoms with E-state index in [1.807, 2.05) is 33.8 Å². The lowest BCUT2D eigenvalue weighted by molar-refractivity contribution is -0.129. The Morgan fingerprint density at radius 1 is 1.38 bits per heavy atom. The lowest BCUT2D eigenvalue weighted by Crippen LogP contribution is -2.28. The van der Waals surface area contributed by atoms with Crippen LogP contribution < -0.4 is 0 Å². The molecule has 0 bridgehead atoms. The fraction of sp³-hybridized carbons (Fsp3) is 0.438. The van der Waals surface area contributed by atoms with Crippen LogP contribution in [0.2, 0.25) is 0 Å². The Balaban J connectivity index is 1.95. The van der Waals surface area contributed by atoms with Gasteiger partial charge in [0.05, 0.1) is 23.1 Å². The molecule has 5 heteroatoms. The van der Waals surface area contributed by atoms with Crippen LogP contribution in [-0.4, -0.2) is 32.1 Å². The average molecular weight is 284 g/mol. The summed E-state index contributed by atoms with van der Waals surface area (Å²) in [7, 11) is 0. The molecular weight excluding hydrogens is 264 g/mol. The highest BCUT2D eigenvalue weighted by Crippen LogP contribution is 2.31. The van der Waals surface area contributed by atoms with Crippen LogP contribution in [0, 0.1) is 0 Å². The molecule has 1 atom stereocenters. The van der Waals surface area contributed by atoms with E-state index in [2.05, 4.69) is 12.0 Å². The third-order valence-electron chi connectivity index (χ3n) is 4.05. The van der Waals surface area contributed by atoms with Crippen LogP contribution in [0.15, 0.2) is 30.5 Å². The molecule has 0 spiro atoms. The van der Waals surface area contributed by atoms with E-state index in [1.54, 1.807) is 13.1 Å². The van der Waals surface area contributed by atoms with E-state index in [-0.39, 0.29) is 11.9 Å². The largest absolute Gasteiger partial charge is 0.334 e. The minimum Gasteiger partial charge on any atom is -0.334 e. The fourth-order valence-corrected chi connectivity index (χ4v) is 3.03. The Kier molecular flexibility index (Phi) is 3.73. The predicted octanol–water partition coefficient (Wildman–Crippen LogP) is 2.65. The molecule has 3 rings (SSSR count). The van der Waals surface area contributed by atoms with Crippen molar-refractivity contribution in [2.75, 3.05) is 6.54 Å². The van der Waals surface area contributed by atoms with Crippen LogP contribution >= 0.6 is 0 Å². The maximum absolute atomic E-state index is 11.7. The molecule has 1 aliphatic rings.